The summed E-state index contributed by atoms with van der Waals surface area (Å²) < 4.78 is 5.79. The van der Waals surface area contributed by atoms with E-state index >= 15 is 0 Å². The maximum absolute atomic E-state index is 12.7. The van der Waals surface area contributed by atoms with Crippen molar-refractivity contribution in [2.24, 2.45) is 0 Å². The molecule has 2 amide bonds. The molecule has 5 nitrogen and oxygen atoms in total. The molecule has 0 saturated carbocycles. The Morgan fingerprint density at radius 2 is 1.70 bits per heavy atom. The highest BCUT2D eigenvalue weighted by atomic mass is 16.5. The Labute approximate surface area is 161 Å². The average Bonchev–Trinajstić information content (AvgIpc) is 2.65. The van der Waals surface area contributed by atoms with Crippen molar-refractivity contribution in [1.82, 2.24) is 4.90 Å². The maximum atomic E-state index is 12.7. The van der Waals surface area contributed by atoms with Crippen LogP contribution >= 0.6 is 0 Å². The lowest BCUT2D eigenvalue weighted by atomic mass is 10.1. The number of aryl methyl sites for hydroxylation is 2. The van der Waals surface area contributed by atoms with E-state index in [1.807, 2.05) is 43.0 Å². The first-order valence-corrected chi connectivity index (χ1v) is 9.58. The van der Waals surface area contributed by atoms with E-state index in [0.717, 1.165) is 13.1 Å². The number of amides is 2. The van der Waals surface area contributed by atoms with Gasteiger partial charge >= 0.3 is 6.03 Å². The van der Waals surface area contributed by atoms with E-state index in [2.05, 4.69) is 42.3 Å². The summed E-state index contributed by atoms with van der Waals surface area (Å²) in [6, 6.07) is 14.1. The Morgan fingerprint density at radius 1 is 1.00 bits per heavy atom. The molecule has 0 aromatic heterocycles. The van der Waals surface area contributed by atoms with Crippen molar-refractivity contribution in [3.8, 4) is 5.75 Å². The van der Waals surface area contributed by atoms with Gasteiger partial charge in [0.1, 0.15) is 5.75 Å². The van der Waals surface area contributed by atoms with Crippen LogP contribution in [0.2, 0.25) is 0 Å². The first-order valence-electron chi connectivity index (χ1n) is 9.58. The molecule has 27 heavy (non-hydrogen) atoms. The highest BCUT2D eigenvalue weighted by molar-refractivity contribution is 5.91. The van der Waals surface area contributed by atoms with E-state index in [4.69, 9.17) is 4.74 Å². The van der Waals surface area contributed by atoms with Gasteiger partial charge in [-0.05, 0) is 63.1 Å². The summed E-state index contributed by atoms with van der Waals surface area (Å²) in [5.74, 6) is 0.703. The van der Waals surface area contributed by atoms with Gasteiger partial charge in [-0.1, -0.05) is 18.2 Å². The van der Waals surface area contributed by atoms with E-state index in [9.17, 15) is 4.79 Å². The smallest absolute Gasteiger partial charge is 0.322 e. The average molecular weight is 367 g/mol. The molecule has 1 heterocycles. The van der Waals surface area contributed by atoms with Crippen LogP contribution < -0.4 is 15.0 Å². The molecule has 1 aliphatic rings. The van der Waals surface area contributed by atoms with Gasteiger partial charge in [0.15, 0.2) is 0 Å². The highest BCUT2D eigenvalue weighted by Crippen LogP contribution is 2.26. The van der Waals surface area contributed by atoms with Crippen molar-refractivity contribution >= 4 is 17.4 Å². The number of nitrogens with one attached hydrogen (secondary N) is 1. The van der Waals surface area contributed by atoms with Gasteiger partial charge < -0.3 is 19.9 Å². The van der Waals surface area contributed by atoms with Crippen LogP contribution in [0.4, 0.5) is 16.2 Å². The molecular formula is C22H29N3O2. The number of carbonyl (C=O) groups is 1. The van der Waals surface area contributed by atoms with Crippen molar-refractivity contribution in [1.29, 1.82) is 0 Å². The van der Waals surface area contributed by atoms with Gasteiger partial charge in [-0.2, -0.15) is 0 Å². The number of nitrogens with zero attached hydrogens (tertiary/aromatic N) is 2. The summed E-state index contributed by atoms with van der Waals surface area (Å²) in [5.41, 5.74) is 4.55. The number of hydrogen-bond donors (Lipinski definition) is 1. The second-order valence-electron chi connectivity index (χ2n) is 7.34. The van der Waals surface area contributed by atoms with Crippen LogP contribution in [0.3, 0.4) is 0 Å². The lowest BCUT2D eigenvalue weighted by molar-refractivity contribution is 0.207. The first-order chi connectivity index (χ1) is 12.9. The van der Waals surface area contributed by atoms with E-state index < -0.39 is 0 Å². The molecule has 2 aromatic carbocycles. The van der Waals surface area contributed by atoms with Gasteiger partial charge in [0.25, 0.3) is 0 Å². The Kier molecular flexibility index (Phi) is 5.89. The van der Waals surface area contributed by atoms with Crippen molar-refractivity contribution in [2.75, 3.05) is 36.4 Å². The second-order valence-corrected chi connectivity index (χ2v) is 7.34. The number of carbonyl (C=O) groups excluding carboxylic acids is 1. The second kappa shape index (κ2) is 8.33. The minimum Gasteiger partial charge on any atom is -0.489 e. The monoisotopic (exact) mass is 367 g/mol. The molecule has 2 aromatic rings. The quantitative estimate of drug-likeness (QED) is 0.869. The molecule has 0 radical (unpaired) electrons. The van der Waals surface area contributed by atoms with Gasteiger partial charge in [-0.15, -0.1) is 0 Å². The zero-order chi connectivity index (χ0) is 19.4. The van der Waals surface area contributed by atoms with Gasteiger partial charge in [0.05, 0.1) is 11.8 Å². The SMILES string of the molecule is Cc1ccc(N2CCN(C(=O)Nc3ccccc3OC(C)C)CC2)cc1C. The highest BCUT2D eigenvalue weighted by Gasteiger charge is 2.22. The van der Waals surface area contributed by atoms with Crippen molar-refractivity contribution in [2.45, 2.75) is 33.8 Å². The van der Waals surface area contributed by atoms with Crippen molar-refractivity contribution in [3.05, 3.63) is 53.6 Å². The molecule has 1 saturated heterocycles. The molecular weight excluding hydrogens is 338 g/mol. The molecule has 0 aliphatic carbocycles. The fourth-order valence-electron chi connectivity index (χ4n) is 3.21. The van der Waals surface area contributed by atoms with Gasteiger partial charge in [-0.3, -0.25) is 0 Å². The minimum atomic E-state index is -0.0745. The Hall–Kier alpha value is -2.69. The summed E-state index contributed by atoms with van der Waals surface area (Å²) in [6.07, 6.45) is 0.0598. The third-order valence-electron chi connectivity index (χ3n) is 4.91. The largest absolute Gasteiger partial charge is 0.489 e. The fraction of sp³-hybridized carbons (Fsp3) is 0.409. The molecule has 1 fully saturated rings. The topological polar surface area (TPSA) is 44.8 Å². The normalized spacial score (nSPS) is 14.4. The van der Waals surface area contributed by atoms with Crippen LogP contribution in [-0.4, -0.2) is 43.2 Å². The molecule has 1 aliphatic heterocycles. The maximum Gasteiger partial charge on any atom is 0.322 e. The molecule has 0 atom stereocenters. The van der Waals surface area contributed by atoms with Gasteiger partial charge in [0, 0.05) is 31.9 Å². The molecule has 5 heteroatoms. The van der Waals surface area contributed by atoms with Crippen molar-refractivity contribution in [3.63, 3.8) is 0 Å². The predicted octanol–water partition coefficient (Wildman–Crippen LogP) is 4.44. The lowest BCUT2D eigenvalue weighted by Crippen LogP contribution is -2.50. The minimum absolute atomic E-state index is 0.0598. The predicted molar refractivity (Wildman–Crippen MR) is 111 cm³/mol. The van der Waals surface area contributed by atoms with E-state index in [-0.39, 0.29) is 12.1 Å². The number of benzene rings is 2. The number of para-hydroxylation sites is 2. The van der Waals surface area contributed by atoms with Gasteiger partial charge in [-0.25, -0.2) is 4.79 Å². The van der Waals surface area contributed by atoms with Crippen LogP contribution in [0.25, 0.3) is 0 Å². The van der Waals surface area contributed by atoms with Crippen LogP contribution in [0, 0.1) is 13.8 Å². The molecule has 1 N–H and O–H groups in total. The zero-order valence-electron chi connectivity index (χ0n) is 16.7. The summed E-state index contributed by atoms with van der Waals surface area (Å²) in [4.78, 5) is 16.9. The first kappa shape index (κ1) is 19.1. The van der Waals surface area contributed by atoms with Crippen LogP contribution in [0.1, 0.15) is 25.0 Å². The zero-order valence-corrected chi connectivity index (χ0v) is 16.7. The van der Waals surface area contributed by atoms with Crippen LogP contribution in [0.5, 0.6) is 5.75 Å². The Morgan fingerprint density at radius 3 is 2.37 bits per heavy atom. The molecule has 3 rings (SSSR count). The van der Waals surface area contributed by atoms with E-state index in [1.54, 1.807) is 0 Å². The number of hydrogen-bond acceptors (Lipinski definition) is 3. The third kappa shape index (κ3) is 4.73. The lowest BCUT2D eigenvalue weighted by Gasteiger charge is -2.36. The number of piperazine rings is 1. The van der Waals surface area contributed by atoms with Crippen LogP contribution in [-0.2, 0) is 0 Å². The Bertz CT molecular complexity index is 796. The van der Waals surface area contributed by atoms with Crippen LogP contribution in [0.15, 0.2) is 42.5 Å². The van der Waals surface area contributed by atoms with Crippen molar-refractivity contribution < 1.29 is 9.53 Å². The summed E-state index contributed by atoms with van der Waals surface area (Å²) in [5, 5.41) is 3.00. The molecule has 0 bridgehead atoms. The number of anilines is 2. The van der Waals surface area contributed by atoms with Gasteiger partial charge in [0.2, 0.25) is 0 Å². The van der Waals surface area contributed by atoms with E-state index in [0.29, 0.717) is 24.5 Å². The summed E-state index contributed by atoms with van der Waals surface area (Å²) >= 11 is 0. The fourth-order valence-corrected chi connectivity index (χ4v) is 3.21. The Balaban J connectivity index is 1.60. The standard InChI is InChI=1S/C22H29N3O2/c1-16(2)27-21-8-6-5-7-20(21)23-22(26)25-13-11-24(12-14-25)19-10-9-17(3)18(4)15-19/h5-10,15-16H,11-14H2,1-4H3,(H,23,26). The molecule has 0 unspecified atom stereocenters. The third-order valence-corrected chi connectivity index (χ3v) is 4.91. The summed E-state index contributed by atoms with van der Waals surface area (Å²) in [7, 11) is 0. The van der Waals surface area contributed by atoms with E-state index in [1.165, 1.54) is 16.8 Å². The number of urea groups is 1. The molecule has 144 valence electrons. The number of rotatable bonds is 4. The molecule has 0 spiro atoms. The number of ether oxygens (including phenoxy) is 1. The summed E-state index contributed by atoms with van der Waals surface area (Å²) in [6.45, 7) is 11.3.